The molecule has 1 aromatic heterocycles. The zero-order valence-electron chi connectivity index (χ0n) is 15.0. The Hall–Kier alpha value is -4.14. The molecule has 0 saturated carbocycles. The molecule has 2 amide bonds. The second kappa shape index (κ2) is 9.18. The Balaban J connectivity index is 1.62. The summed E-state index contributed by atoms with van der Waals surface area (Å²) in [6, 6.07) is 11.6. The number of nitrogens with one attached hydrogen (secondary N) is 2. The van der Waals surface area contributed by atoms with Crippen LogP contribution >= 0.6 is 0 Å². The number of esters is 1. The van der Waals surface area contributed by atoms with Crippen molar-refractivity contribution >= 4 is 29.2 Å². The van der Waals surface area contributed by atoms with Crippen molar-refractivity contribution in [1.29, 1.82) is 0 Å². The summed E-state index contributed by atoms with van der Waals surface area (Å²) in [4.78, 5) is 43.9. The lowest BCUT2D eigenvalue weighted by atomic mass is 10.1. The minimum atomic E-state index is -0.796. The molecule has 8 nitrogen and oxygen atoms in total. The number of hydrogen-bond donors (Lipinski definition) is 2. The van der Waals surface area contributed by atoms with Crippen LogP contribution in [0.5, 0.6) is 0 Å². The second-order valence-corrected chi connectivity index (χ2v) is 5.72. The number of carbonyl (C=O) groups excluding carboxylic acids is 3. The SMILES string of the molecule is O=C(COC(=O)c1cnccn1)Nc1ccccc1C(=O)Nc1ccc(F)cc1. The van der Waals surface area contributed by atoms with Crippen molar-refractivity contribution in [2.24, 2.45) is 0 Å². The van der Waals surface area contributed by atoms with Crippen molar-refractivity contribution in [3.8, 4) is 0 Å². The number of benzene rings is 2. The lowest BCUT2D eigenvalue weighted by molar-refractivity contribution is -0.119. The first-order valence-electron chi connectivity index (χ1n) is 8.42. The number of anilines is 2. The van der Waals surface area contributed by atoms with Gasteiger partial charge in [0.1, 0.15) is 5.82 Å². The number of amides is 2. The zero-order valence-corrected chi connectivity index (χ0v) is 15.0. The Bertz CT molecular complexity index is 1030. The molecule has 29 heavy (non-hydrogen) atoms. The van der Waals surface area contributed by atoms with Crippen LogP contribution in [0.2, 0.25) is 0 Å². The van der Waals surface area contributed by atoms with Crippen LogP contribution in [-0.2, 0) is 9.53 Å². The fourth-order valence-corrected chi connectivity index (χ4v) is 2.32. The van der Waals surface area contributed by atoms with Crippen LogP contribution in [0.3, 0.4) is 0 Å². The van der Waals surface area contributed by atoms with Crippen molar-refractivity contribution in [3.63, 3.8) is 0 Å². The van der Waals surface area contributed by atoms with E-state index < -0.39 is 30.2 Å². The van der Waals surface area contributed by atoms with Gasteiger partial charge in [0.2, 0.25) is 0 Å². The van der Waals surface area contributed by atoms with Crippen LogP contribution < -0.4 is 10.6 Å². The third kappa shape index (κ3) is 5.42. The first-order valence-corrected chi connectivity index (χ1v) is 8.42. The van der Waals surface area contributed by atoms with Crippen LogP contribution in [-0.4, -0.2) is 34.4 Å². The maximum atomic E-state index is 13.0. The van der Waals surface area contributed by atoms with E-state index in [0.29, 0.717) is 5.69 Å². The van der Waals surface area contributed by atoms with E-state index in [2.05, 4.69) is 20.6 Å². The third-order valence-electron chi connectivity index (χ3n) is 3.65. The van der Waals surface area contributed by atoms with Gasteiger partial charge < -0.3 is 15.4 Å². The third-order valence-corrected chi connectivity index (χ3v) is 3.65. The van der Waals surface area contributed by atoms with Gasteiger partial charge in [-0.2, -0.15) is 0 Å². The molecule has 0 aliphatic heterocycles. The maximum absolute atomic E-state index is 13.0. The van der Waals surface area contributed by atoms with E-state index in [1.54, 1.807) is 12.1 Å². The first kappa shape index (κ1) is 19.6. The number of ether oxygens (including phenoxy) is 1. The summed E-state index contributed by atoms with van der Waals surface area (Å²) in [5, 5.41) is 5.13. The van der Waals surface area contributed by atoms with Gasteiger partial charge in [-0.3, -0.25) is 14.6 Å². The number of carbonyl (C=O) groups is 3. The Labute approximate surface area is 164 Å². The number of rotatable bonds is 6. The molecule has 0 fully saturated rings. The Morgan fingerprint density at radius 3 is 2.45 bits per heavy atom. The number of nitrogens with zero attached hydrogens (tertiary/aromatic N) is 2. The van der Waals surface area contributed by atoms with Gasteiger partial charge in [0.25, 0.3) is 11.8 Å². The lowest BCUT2D eigenvalue weighted by Gasteiger charge is -2.11. The lowest BCUT2D eigenvalue weighted by Crippen LogP contribution is -2.23. The van der Waals surface area contributed by atoms with Crippen LogP contribution in [0.4, 0.5) is 15.8 Å². The van der Waals surface area contributed by atoms with Gasteiger partial charge in [-0.25, -0.2) is 14.2 Å². The molecular weight excluding hydrogens is 379 g/mol. The fourth-order valence-electron chi connectivity index (χ4n) is 2.32. The van der Waals surface area contributed by atoms with Gasteiger partial charge in [-0.05, 0) is 36.4 Å². The minimum Gasteiger partial charge on any atom is -0.451 e. The van der Waals surface area contributed by atoms with Gasteiger partial charge in [-0.15, -0.1) is 0 Å². The minimum absolute atomic E-state index is 0.0284. The molecule has 2 aromatic carbocycles. The molecule has 0 aliphatic carbocycles. The Kier molecular flexibility index (Phi) is 6.21. The average molecular weight is 394 g/mol. The Morgan fingerprint density at radius 2 is 1.72 bits per heavy atom. The summed E-state index contributed by atoms with van der Waals surface area (Å²) in [5.41, 5.74) is 0.785. The van der Waals surface area contributed by atoms with E-state index in [1.165, 1.54) is 55.0 Å². The summed E-state index contributed by atoms with van der Waals surface area (Å²) >= 11 is 0. The van der Waals surface area contributed by atoms with E-state index in [0.717, 1.165) is 0 Å². The van der Waals surface area contributed by atoms with Crippen molar-refractivity contribution in [2.75, 3.05) is 17.2 Å². The smallest absolute Gasteiger partial charge is 0.359 e. The monoisotopic (exact) mass is 394 g/mol. The molecule has 2 N–H and O–H groups in total. The largest absolute Gasteiger partial charge is 0.451 e. The first-order chi connectivity index (χ1) is 14.0. The summed E-state index contributed by atoms with van der Waals surface area (Å²) in [6.07, 6.45) is 3.94. The van der Waals surface area contributed by atoms with E-state index in [4.69, 9.17) is 4.74 Å². The molecule has 3 rings (SSSR count). The molecule has 146 valence electrons. The van der Waals surface area contributed by atoms with Gasteiger partial charge >= 0.3 is 5.97 Å². The van der Waals surface area contributed by atoms with E-state index in [1.807, 2.05) is 0 Å². The summed E-state index contributed by atoms with van der Waals surface area (Å²) < 4.78 is 17.9. The zero-order chi connectivity index (χ0) is 20.6. The fraction of sp³-hybridized carbons (Fsp3) is 0.0500. The Morgan fingerprint density at radius 1 is 0.966 bits per heavy atom. The summed E-state index contributed by atoms with van der Waals surface area (Å²) in [6.45, 7) is -0.566. The van der Waals surface area contributed by atoms with Gasteiger partial charge in [0.05, 0.1) is 17.4 Å². The molecule has 1 heterocycles. The summed E-state index contributed by atoms with van der Waals surface area (Å²) in [5.74, 6) is -2.35. The molecule has 0 bridgehead atoms. The maximum Gasteiger partial charge on any atom is 0.359 e. The van der Waals surface area contributed by atoms with Crippen molar-refractivity contribution in [3.05, 3.63) is 84.2 Å². The quantitative estimate of drug-likeness (QED) is 0.622. The van der Waals surface area contributed by atoms with Crippen LogP contribution in [0, 0.1) is 5.82 Å². The number of halogens is 1. The molecule has 0 atom stereocenters. The van der Waals surface area contributed by atoms with Crippen molar-refractivity contribution in [2.45, 2.75) is 0 Å². The van der Waals surface area contributed by atoms with Gasteiger partial charge in [0.15, 0.2) is 12.3 Å². The van der Waals surface area contributed by atoms with Crippen molar-refractivity contribution < 1.29 is 23.5 Å². The molecule has 0 saturated heterocycles. The number of hydrogen-bond acceptors (Lipinski definition) is 6. The molecule has 9 heteroatoms. The predicted molar refractivity (Wildman–Crippen MR) is 102 cm³/mol. The van der Waals surface area contributed by atoms with E-state index in [-0.39, 0.29) is 16.9 Å². The average Bonchev–Trinajstić information content (AvgIpc) is 2.74. The van der Waals surface area contributed by atoms with Gasteiger partial charge in [-0.1, -0.05) is 12.1 Å². The molecule has 0 unspecified atom stereocenters. The number of para-hydroxylation sites is 1. The molecule has 0 radical (unpaired) electrons. The second-order valence-electron chi connectivity index (χ2n) is 5.72. The number of aromatic nitrogens is 2. The van der Waals surface area contributed by atoms with Crippen LogP contribution in [0.1, 0.15) is 20.8 Å². The van der Waals surface area contributed by atoms with E-state index >= 15 is 0 Å². The van der Waals surface area contributed by atoms with Crippen molar-refractivity contribution in [1.82, 2.24) is 9.97 Å². The highest BCUT2D eigenvalue weighted by atomic mass is 19.1. The predicted octanol–water partition coefficient (Wildman–Crippen LogP) is 2.66. The molecule has 3 aromatic rings. The standard InChI is InChI=1S/C20H15FN4O4/c21-13-5-7-14(8-6-13)24-19(27)15-3-1-2-4-16(15)25-18(26)12-29-20(28)17-11-22-9-10-23-17/h1-11H,12H2,(H,24,27)(H,25,26). The molecule has 0 spiro atoms. The molecule has 0 aliphatic rings. The summed E-state index contributed by atoms with van der Waals surface area (Å²) in [7, 11) is 0. The topological polar surface area (TPSA) is 110 Å². The molecular formula is C20H15FN4O4. The van der Waals surface area contributed by atoms with Gasteiger partial charge in [0, 0.05) is 18.1 Å². The van der Waals surface area contributed by atoms with Crippen LogP contribution in [0.25, 0.3) is 0 Å². The van der Waals surface area contributed by atoms with E-state index in [9.17, 15) is 18.8 Å². The van der Waals surface area contributed by atoms with Crippen LogP contribution in [0.15, 0.2) is 67.1 Å². The highest BCUT2D eigenvalue weighted by Crippen LogP contribution is 2.18. The highest BCUT2D eigenvalue weighted by Gasteiger charge is 2.15. The highest BCUT2D eigenvalue weighted by molar-refractivity contribution is 6.10. The normalized spacial score (nSPS) is 10.1.